The Morgan fingerprint density at radius 2 is 1.89 bits per heavy atom. The highest BCUT2D eigenvalue weighted by atomic mass is 35.5. The Labute approximate surface area is 172 Å². The van der Waals surface area contributed by atoms with Crippen LogP contribution in [-0.4, -0.2) is 48.3 Å². The maximum Gasteiger partial charge on any atom is 0.251 e. The van der Waals surface area contributed by atoms with E-state index in [2.05, 4.69) is 17.6 Å². The van der Waals surface area contributed by atoms with Gasteiger partial charge in [-0.05, 0) is 48.9 Å². The van der Waals surface area contributed by atoms with Crippen molar-refractivity contribution < 1.29 is 14.4 Å². The molecule has 2 N–H and O–H groups in total. The molecule has 1 aliphatic heterocycles. The van der Waals surface area contributed by atoms with Crippen LogP contribution in [0, 0.1) is 11.8 Å². The third-order valence-corrected chi connectivity index (χ3v) is 5.24. The summed E-state index contributed by atoms with van der Waals surface area (Å²) in [5.41, 5.74) is 0.442. The van der Waals surface area contributed by atoms with E-state index < -0.39 is 6.04 Å². The van der Waals surface area contributed by atoms with Crippen LogP contribution in [0.1, 0.15) is 50.4 Å². The lowest BCUT2D eigenvalue weighted by Gasteiger charge is -2.31. The first kappa shape index (κ1) is 22.2. The molecule has 0 saturated carbocycles. The van der Waals surface area contributed by atoms with Crippen LogP contribution in [0.4, 0.5) is 0 Å². The van der Waals surface area contributed by atoms with Crippen LogP contribution in [0.15, 0.2) is 24.3 Å². The van der Waals surface area contributed by atoms with Crippen molar-refractivity contribution in [3.8, 4) is 0 Å². The molecule has 2 atom stereocenters. The molecule has 154 valence electrons. The van der Waals surface area contributed by atoms with E-state index in [1.54, 1.807) is 24.3 Å². The number of carbonyl (C=O) groups is 3. The van der Waals surface area contributed by atoms with Gasteiger partial charge in [0.15, 0.2) is 0 Å². The van der Waals surface area contributed by atoms with Gasteiger partial charge in [-0.2, -0.15) is 0 Å². The standard InChI is InChI=1S/C21H30ClN3O3/c1-14(2)19(24-20(27)16-6-8-17(22)9-7-16)21(28)23-11-10-18(26)25-12-4-5-15(3)13-25/h6-9,14-15,19H,4-5,10-13H2,1-3H3,(H,23,28)(H,24,27). The van der Waals surface area contributed by atoms with Crippen molar-refractivity contribution in [2.45, 2.75) is 46.1 Å². The van der Waals surface area contributed by atoms with Gasteiger partial charge in [-0.15, -0.1) is 0 Å². The average molecular weight is 408 g/mol. The number of piperidine rings is 1. The summed E-state index contributed by atoms with van der Waals surface area (Å²) in [5.74, 6) is -0.102. The summed E-state index contributed by atoms with van der Waals surface area (Å²) in [6, 6.07) is 5.83. The normalized spacial score (nSPS) is 17.9. The molecule has 1 aliphatic rings. The molecule has 1 saturated heterocycles. The fourth-order valence-electron chi connectivity index (χ4n) is 3.34. The van der Waals surface area contributed by atoms with Gasteiger partial charge in [0.2, 0.25) is 11.8 Å². The summed E-state index contributed by atoms with van der Waals surface area (Å²) in [6.45, 7) is 7.74. The topological polar surface area (TPSA) is 78.5 Å². The molecule has 1 fully saturated rings. The van der Waals surface area contributed by atoms with Crippen molar-refractivity contribution in [3.63, 3.8) is 0 Å². The second kappa shape index (κ2) is 10.5. The van der Waals surface area contributed by atoms with Gasteiger partial charge >= 0.3 is 0 Å². The Balaban J connectivity index is 1.84. The zero-order valence-corrected chi connectivity index (χ0v) is 17.6. The van der Waals surface area contributed by atoms with Crippen molar-refractivity contribution in [3.05, 3.63) is 34.9 Å². The molecule has 28 heavy (non-hydrogen) atoms. The van der Waals surface area contributed by atoms with Gasteiger partial charge in [0.1, 0.15) is 6.04 Å². The van der Waals surface area contributed by atoms with E-state index in [-0.39, 0.29) is 36.6 Å². The van der Waals surface area contributed by atoms with Gasteiger partial charge in [-0.25, -0.2) is 0 Å². The lowest BCUT2D eigenvalue weighted by Crippen LogP contribution is -2.50. The fourth-order valence-corrected chi connectivity index (χ4v) is 3.46. The number of halogens is 1. The molecule has 6 nitrogen and oxygen atoms in total. The molecule has 0 radical (unpaired) electrons. The Kier molecular flexibility index (Phi) is 8.30. The van der Waals surface area contributed by atoms with Crippen molar-refractivity contribution >= 4 is 29.3 Å². The van der Waals surface area contributed by atoms with Crippen LogP contribution in [0.2, 0.25) is 5.02 Å². The third kappa shape index (κ3) is 6.51. The molecule has 2 rings (SSSR count). The monoisotopic (exact) mass is 407 g/mol. The van der Waals surface area contributed by atoms with E-state index in [0.717, 1.165) is 25.9 Å². The van der Waals surface area contributed by atoms with E-state index in [0.29, 0.717) is 16.5 Å². The summed E-state index contributed by atoms with van der Waals surface area (Å²) in [5, 5.41) is 6.10. The minimum Gasteiger partial charge on any atom is -0.354 e. The number of carbonyl (C=O) groups excluding carboxylic acids is 3. The van der Waals surface area contributed by atoms with Crippen molar-refractivity contribution in [1.29, 1.82) is 0 Å². The van der Waals surface area contributed by atoms with Crippen LogP contribution < -0.4 is 10.6 Å². The summed E-state index contributed by atoms with van der Waals surface area (Å²) >= 11 is 5.84. The Bertz CT molecular complexity index is 691. The number of likely N-dealkylation sites (tertiary alicyclic amines) is 1. The molecule has 1 aromatic rings. The van der Waals surface area contributed by atoms with E-state index in [4.69, 9.17) is 11.6 Å². The zero-order chi connectivity index (χ0) is 20.7. The van der Waals surface area contributed by atoms with Crippen LogP contribution in [-0.2, 0) is 9.59 Å². The quantitative estimate of drug-likeness (QED) is 0.729. The maximum absolute atomic E-state index is 12.5. The SMILES string of the molecule is CC1CCCN(C(=O)CCNC(=O)C(NC(=O)c2ccc(Cl)cc2)C(C)C)C1. The molecule has 3 amide bonds. The van der Waals surface area contributed by atoms with Crippen molar-refractivity contribution in [2.75, 3.05) is 19.6 Å². The molecule has 1 heterocycles. The van der Waals surface area contributed by atoms with Gasteiger partial charge in [0.05, 0.1) is 0 Å². The summed E-state index contributed by atoms with van der Waals surface area (Å²) in [4.78, 5) is 39.1. The van der Waals surface area contributed by atoms with Crippen LogP contribution >= 0.6 is 11.6 Å². The van der Waals surface area contributed by atoms with Crippen LogP contribution in [0.3, 0.4) is 0 Å². The lowest BCUT2D eigenvalue weighted by atomic mass is 10.00. The van der Waals surface area contributed by atoms with Gasteiger partial charge in [0.25, 0.3) is 5.91 Å². The number of hydrogen-bond donors (Lipinski definition) is 2. The number of rotatable bonds is 7. The molecule has 0 bridgehead atoms. The first-order valence-corrected chi connectivity index (χ1v) is 10.3. The molecular weight excluding hydrogens is 378 g/mol. The molecule has 0 aliphatic carbocycles. The second-order valence-corrected chi connectivity index (χ2v) is 8.27. The average Bonchev–Trinajstić information content (AvgIpc) is 2.66. The van der Waals surface area contributed by atoms with Gasteiger partial charge < -0.3 is 15.5 Å². The molecule has 2 unspecified atom stereocenters. The summed E-state index contributed by atoms with van der Waals surface area (Å²) in [6.07, 6.45) is 2.46. The number of benzene rings is 1. The predicted molar refractivity (Wildman–Crippen MR) is 110 cm³/mol. The highest BCUT2D eigenvalue weighted by molar-refractivity contribution is 6.30. The van der Waals surface area contributed by atoms with Gasteiger partial charge in [-0.1, -0.05) is 32.4 Å². The van der Waals surface area contributed by atoms with Crippen molar-refractivity contribution in [2.24, 2.45) is 11.8 Å². The fraction of sp³-hybridized carbons (Fsp3) is 0.571. The first-order chi connectivity index (χ1) is 13.3. The van der Waals surface area contributed by atoms with Crippen LogP contribution in [0.25, 0.3) is 0 Å². The van der Waals surface area contributed by atoms with E-state index in [1.165, 1.54) is 0 Å². The van der Waals surface area contributed by atoms with Gasteiger partial charge in [0, 0.05) is 36.6 Å². The highest BCUT2D eigenvalue weighted by Crippen LogP contribution is 2.16. The highest BCUT2D eigenvalue weighted by Gasteiger charge is 2.25. The van der Waals surface area contributed by atoms with Crippen LogP contribution in [0.5, 0.6) is 0 Å². The summed E-state index contributed by atoms with van der Waals surface area (Å²) in [7, 11) is 0. The molecule has 1 aromatic carbocycles. The number of amides is 3. The molecule has 7 heteroatoms. The number of nitrogens with one attached hydrogen (secondary N) is 2. The Morgan fingerprint density at radius 3 is 2.50 bits per heavy atom. The zero-order valence-electron chi connectivity index (χ0n) is 16.8. The van der Waals surface area contributed by atoms with Crippen molar-refractivity contribution in [1.82, 2.24) is 15.5 Å². The largest absolute Gasteiger partial charge is 0.354 e. The molecular formula is C21H30ClN3O3. The maximum atomic E-state index is 12.5. The lowest BCUT2D eigenvalue weighted by molar-refractivity contribution is -0.133. The summed E-state index contributed by atoms with van der Waals surface area (Å²) < 4.78 is 0. The minimum atomic E-state index is -0.673. The molecule has 0 aromatic heterocycles. The third-order valence-electron chi connectivity index (χ3n) is 4.99. The van der Waals surface area contributed by atoms with Gasteiger partial charge in [-0.3, -0.25) is 14.4 Å². The van der Waals surface area contributed by atoms with E-state index >= 15 is 0 Å². The smallest absolute Gasteiger partial charge is 0.251 e. The number of nitrogens with zero attached hydrogens (tertiary/aromatic N) is 1. The second-order valence-electron chi connectivity index (χ2n) is 7.83. The predicted octanol–water partition coefficient (Wildman–Crippen LogP) is 2.86. The van der Waals surface area contributed by atoms with E-state index in [1.807, 2.05) is 18.7 Å². The molecule has 0 spiro atoms. The Morgan fingerprint density at radius 1 is 1.21 bits per heavy atom. The number of hydrogen-bond acceptors (Lipinski definition) is 3. The Hall–Kier alpha value is -2.08. The minimum absolute atomic E-state index is 0.0677. The first-order valence-electron chi connectivity index (χ1n) is 9.90. The van der Waals surface area contributed by atoms with E-state index in [9.17, 15) is 14.4 Å².